The van der Waals surface area contributed by atoms with Gasteiger partial charge in [0.2, 0.25) is 0 Å². The Bertz CT molecular complexity index is 329. The maximum absolute atomic E-state index is 9.10. The minimum absolute atomic E-state index is 0. The summed E-state index contributed by atoms with van der Waals surface area (Å²) in [6, 6.07) is 0. The monoisotopic (exact) mass is 342 g/mol. The topological polar surface area (TPSA) is 80.9 Å². The van der Waals surface area contributed by atoms with Crippen molar-refractivity contribution in [1.82, 2.24) is 0 Å². The van der Waals surface area contributed by atoms with E-state index in [0.29, 0.717) is 0 Å². The molecule has 0 unspecified atom stereocenters. The van der Waals surface area contributed by atoms with Crippen molar-refractivity contribution in [2.75, 3.05) is 0 Å². The molecule has 0 saturated heterocycles. The smallest absolute Gasteiger partial charge is 0.120 e. The Morgan fingerprint density at radius 3 is 0.571 bits per heavy atom. The second kappa shape index (κ2) is 8.79. The summed E-state index contributed by atoms with van der Waals surface area (Å²) in [5.41, 5.74) is -4.06. The molecular weight excluding hydrogens is 315 g/mol. The van der Waals surface area contributed by atoms with Crippen molar-refractivity contribution >= 4 is 0 Å². The molecule has 126 valence electrons. The molecule has 0 aromatic carbocycles. The minimum atomic E-state index is -1.01. The van der Waals surface area contributed by atoms with E-state index in [-0.39, 0.29) is 16.5 Å². The summed E-state index contributed by atoms with van der Waals surface area (Å²) in [6.45, 7) is 12.6. The molecule has 0 aromatic rings. The van der Waals surface area contributed by atoms with Gasteiger partial charge >= 0.3 is 0 Å². The SMILES string of the molecule is CC(C)(O)C#CC(C)(C)O.CC(C)(O)C#CC(C)(C)O.[Ni]. The van der Waals surface area contributed by atoms with Crippen LogP contribution >= 0.6 is 0 Å². The molecule has 21 heavy (non-hydrogen) atoms. The molecule has 0 spiro atoms. The van der Waals surface area contributed by atoms with Crippen molar-refractivity contribution in [1.29, 1.82) is 0 Å². The molecule has 0 saturated carbocycles. The Hall–Kier alpha value is -0.546. The quantitative estimate of drug-likeness (QED) is 0.392. The molecule has 0 aliphatic heterocycles. The van der Waals surface area contributed by atoms with Gasteiger partial charge in [0.15, 0.2) is 0 Å². The Labute approximate surface area is 138 Å². The predicted molar refractivity (Wildman–Crippen MR) is 80.7 cm³/mol. The standard InChI is InChI=1S/2C8H14O2.Ni/c2*1-7(2,9)5-6-8(3,4)10;/h2*9-10H,1-4H3;. The van der Waals surface area contributed by atoms with E-state index in [9.17, 15) is 0 Å². The first-order valence-corrected chi connectivity index (χ1v) is 6.39. The third-order valence-electron chi connectivity index (χ3n) is 1.35. The first-order valence-electron chi connectivity index (χ1n) is 6.39. The zero-order valence-electron chi connectivity index (χ0n) is 14.1. The van der Waals surface area contributed by atoms with Crippen molar-refractivity contribution in [3.05, 3.63) is 0 Å². The van der Waals surface area contributed by atoms with E-state index in [0.717, 1.165) is 0 Å². The van der Waals surface area contributed by atoms with Crippen molar-refractivity contribution in [2.45, 2.75) is 77.8 Å². The zero-order valence-corrected chi connectivity index (χ0v) is 15.1. The van der Waals surface area contributed by atoms with Gasteiger partial charge in [0.25, 0.3) is 0 Å². The summed E-state index contributed by atoms with van der Waals surface area (Å²) in [5.74, 6) is 10.1. The van der Waals surface area contributed by atoms with Gasteiger partial charge in [-0.3, -0.25) is 0 Å². The Balaban J connectivity index is -0.000000295. The summed E-state index contributed by atoms with van der Waals surface area (Å²) in [4.78, 5) is 0. The summed E-state index contributed by atoms with van der Waals surface area (Å²) in [5, 5.41) is 36.4. The van der Waals surface area contributed by atoms with E-state index < -0.39 is 22.4 Å². The van der Waals surface area contributed by atoms with Crippen molar-refractivity contribution in [3.63, 3.8) is 0 Å². The van der Waals surface area contributed by atoms with Crippen LogP contribution in [0.2, 0.25) is 0 Å². The van der Waals surface area contributed by atoms with E-state index in [4.69, 9.17) is 20.4 Å². The van der Waals surface area contributed by atoms with Gasteiger partial charge in [-0.25, -0.2) is 0 Å². The summed E-state index contributed by atoms with van der Waals surface area (Å²) < 4.78 is 0. The van der Waals surface area contributed by atoms with Gasteiger partial charge < -0.3 is 20.4 Å². The number of hydrogen-bond acceptors (Lipinski definition) is 4. The molecule has 0 rings (SSSR count). The van der Waals surface area contributed by atoms with Gasteiger partial charge in [0, 0.05) is 16.5 Å². The van der Waals surface area contributed by atoms with Crippen molar-refractivity contribution < 1.29 is 36.9 Å². The zero-order chi connectivity index (χ0) is 16.8. The number of aliphatic hydroxyl groups is 4. The minimum Gasteiger partial charge on any atom is -0.378 e. The molecule has 0 aliphatic carbocycles. The molecule has 4 nitrogen and oxygen atoms in total. The maximum atomic E-state index is 9.10. The van der Waals surface area contributed by atoms with Gasteiger partial charge in [-0.2, -0.15) is 0 Å². The fourth-order valence-electron chi connectivity index (χ4n) is 0.612. The fraction of sp³-hybridized carbons (Fsp3) is 0.750. The van der Waals surface area contributed by atoms with E-state index in [1.54, 1.807) is 55.4 Å². The second-order valence-corrected chi connectivity index (χ2v) is 6.74. The molecule has 0 aromatic heterocycles. The molecule has 5 heteroatoms. The first kappa shape index (κ1) is 25.4. The Morgan fingerprint density at radius 2 is 0.524 bits per heavy atom. The summed E-state index contributed by atoms with van der Waals surface area (Å²) in [7, 11) is 0. The Morgan fingerprint density at radius 1 is 0.429 bits per heavy atom. The molecule has 0 aliphatic rings. The van der Waals surface area contributed by atoms with Crippen LogP contribution in [0.25, 0.3) is 0 Å². The fourth-order valence-corrected chi connectivity index (χ4v) is 0.612. The summed E-state index contributed by atoms with van der Waals surface area (Å²) >= 11 is 0. The molecule has 0 amide bonds. The molecule has 0 atom stereocenters. The molecule has 0 heterocycles. The average Bonchev–Trinajstić information content (AvgIpc) is 2.09. The maximum Gasteiger partial charge on any atom is 0.120 e. The molecule has 0 bridgehead atoms. The largest absolute Gasteiger partial charge is 0.378 e. The van der Waals surface area contributed by atoms with Crippen LogP contribution in [0.5, 0.6) is 0 Å². The molecule has 4 N–H and O–H groups in total. The first-order chi connectivity index (χ1) is 8.41. The average molecular weight is 343 g/mol. The van der Waals surface area contributed by atoms with Crippen molar-refractivity contribution in [3.8, 4) is 23.7 Å². The molecule has 0 fully saturated rings. The normalized spacial score (nSPS) is 11.6. The van der Waals surface area contributed by atoms with E-state index in [1.165, 1.54) is 0 Å². The van der Waals surface area contributed by atoms with Crippen LogP contribution in [0, 0.1) is 23.7 Å². The molecular formula is C16H28NiO4. The van der Waals surface area contributed by atoms with E-state index in [1.807, 2.05) is 0 Å². The summed E-state index contributed by atoms with van der Waals surface area (Å²) in [6.07, 6.45) is 0. The van der Waals surface area contributed by atoms with Crippen LogP contribution < -0.4 is 0 Å². The van der Waals surface area contributed by atoms with Gasteiger partial charge in [0.05, 0.1) is 0 Å². The van der Waals surface area contributed by atoms with E-state index in [2.05, 4.69) is 23.7 Å². The number of hydrogen-bond donors (Lipinski definition) is 4. The van der Waals surface area contributed by atoms with Crippen LogP contribution in [0.3, 0.4) is 0 Å². The van der Waals surface area contributed by atoms with Gasteiger partial charge in [-0.15, -0.1) is 0 Å². The van der Waals surface area contributed by atoms with E-state index >= 15 is 0 Å². The van der Waals surface area contributed by atoms with Gasteiger partial charge in [0.1, 0.15) is 22.4 Å². The predicted octanol–water partition coefficient (Wildman–Crippen LogP) is 1.06. The second-order valence-electron chi connectivity index (χ2n) is 6.74. The van der Waals surface area contributed by atoms with Gasteiger partial charge in [-0.05, 0) is 55.4 Å². The van der Waals surface area contributed by atoms with Crippen LogP contribution in [0.4, 0.5) is 0 Å². The third kappa shape index (κ3) is 32.7. The van der Waals surface area contributed by atoms with Crippen molar-refractivity contribution in [2.24, 2.45) is 0 Å². The Kier molecular flexibility index (Phi) is 10.6. The molecule has 0 radical (unpaired) electrons. The van der Waals surface area contributed by atoms with Crippen LogP contribution in [0.1, 0.15) is 55.4 Å². The third-order valence-corrected chi connectivity index (χ3v) is 1.35. The van der Waals surface area contributed by atoms with Gasteiger partial charge in [-0.1, -0.05) is 23.7 Å². The van der Waals surface area contributed by atoms with Crippen LogP contribution in [0.15, 0.2) is 0 Å². The number of rotatable bonds is 0. The van der Waals surface area contributed by atoms with Crippen LogP contribution in [-0.4, -0.2) is 42.8 Å². The van der Waals surface area contributed by atoms with Crippen LogP contribution in [-0.2, 0) is 16.5 Å².